The molecule has 1 amide bonds. The van der Waals surface area contributed by atoms with Crippen LogP contribution in [-0.2, 0) is 16.0 Å². The second kappa shape index (κ2) is 7.48. The molecule has 1 N–H and O–H groups in total. The smallest absolute Gasteiger partial charge is 0.326 e. The van der Waals surface area contributed by atoms with Crippen LogP contribution in [0.4, 0.5) is 0 Å². The highest BCUT2D eigenvalue weighted by Crippen LogP contribution is 2.38. The second-order valence-corrected chi connectivity index (χ2v) is 5.91. The first-order valence-electron chi connectivity index (χ1n) is 7.24. The Morgan fingerprint density at radius 1 is 1.21 bits per heavy atom. The lowest BCUT2D eigenvalue weighted by Crippen LogP contribution is -2.41. The van der Waals surface area contributed by atoms with Gasteiger partial charge in [-0.25, -0.2) is 4.79 Å². The third-order valence-electron chi connectivity index (χ3n) is 3.83. The van der Waals surface area contributed by atoms with E-state index < -0.39 is 12.0 Å². The van der Waals surface area contributed by atoms with Gasteiger partial charge in [-0.3, -0.25) is 4.79 Å². The minimum Gasteiger partial charge on any atom is -0.493 e. The molecule has 1 saturated heterocycles. The molecule has 0 spiro atoms. The Bertz CT molecular complexity index is 650. The SMILES string of the molecule is COc1cc(CC(=O)N2CC(=S)C[C@H]2C(=O)O)cc(OC)c1OC. The molecule has 0 bridgehead atoms. The average Bonchev–Trinajstić information content (AvgIpc) is 2.96. The molecule has 2 rings (SSSR count). The third-order valence-corrected chi connectivity index (χ3v) is 4.12. The molecule has 0 aliphatic carbocycles. The third kappa shape index (κ3) is 3.59. The van der Waals surface area contributed by atoms with Crippen molar-refractivity contribution < 1.29 is 28.9 Å². The lowest BCUT2D eigenvalue weighted by atomic mass is 10.1. The van der Waals surface area contributed by atoms with E-state index in [0.29, 0.717) is 27.7 Å². The number of likely N-dealkylation sites (tertiary alicyclic amines) is 1. The Morgan fingerprint density at radius 3 is 2.25 bits per heavy atom. The fourth-order valence-electron chi connectivity index (χ4n) is 2.69. The van der Waals surface area contributed by atoms with Gasteiger partial charge in [0.2, 0.25) is 11.7 Å². The number of rotatable bonds is 6. The summed E-state index contributed by atoms with van der Waals surface area (Å²) in [6, 6.07) is 2.44. The van der Waals surface area contributed by atoms with Gasteiger partial charge in [-0.2, -0.15) is 0 Å². The van der Waals surface area contributed by atoms with Crippen molar-refractivity contribution in [3.8, 4) is 17.2 Å². The van der Waals surface area contributed by atoms with Crippen LogP contribution in [0.25, 0.3) is 0 Å². The van der Waals surface area contributed by atoms with Crippen LogP contribution in [0.15, 0.2) is 12.1 Å². The summed E-state index contributed by atoms with van der Waals surface area (Å²) in [5.74, 6) is -0.0515. The maximum absolute atomic E-state index is 12.5. The number of benzene rings is 1. The number of nitrogens with zero attached hydrogens (tertiary/aromatic N) is 1. The first-order valence-corrected chi connectivity index (χ1v) is 7.65. The van der Waals surface area contributed by atoms with Crippen molar-refractivity contribution in [1.82, 2.24) is 4.90 Å². The van der Waals surface area contributed by atoms with Gasteiger partial charge in [0, 0.05) is 11.3 Å². The Hall–Kier alpha value is -2.35. The van der Waals surface area contributed by atoms with Crippen molar-refractivity contribution in [2.45, 2.75) is 18.9 Å². The molecule has 0 aromatic heterocycles. The molecule has 24 heavy (non-hydrogen) atoms. The highest BCUT2D eigenvalue weighted by Gasteiger charge is 2.36. The van der Waals surface area contributed by atoms with Gasteiger partial charge in [-0.05, 0) is 17.7 Å². The number of carbonyl (C=O) groups excluding carboxylic acids is 1. The lowest BCUT2D eigenvalue weighted by molar-refractivity contribution is -0.148. The molecule has 130 valence electrons. The Balaban J connectivity index is 2.25. The van der Waals surface area contributed by atoms with E-state index in [1.54, 1.807) is 12.1 Å². The summed E-state index contributed by atoms with van der Waals surface area (Å²) < 4.78 is 15.8. The Kier molecular flexibility index (Phi) is 5.61. The summed E-state index contributed by atoms with van der Waals surface area (Å²) in [4.78, 5) is 25.7. The molecular weight excluding hydrogens is 334 g/mol. The fraction of sp³-hybridized carbons (Fsp3) is 0.438. The Morgan fingerprint density at radius 2 is 1.79 bits per heavy atom. The van der Waals surface area contributed by atoms with Crippen molar-refractivity contribution in [2.24, 2.45) is 0 Å². The van der Waals surface area contributed by atoms with Crippen LogP contribution in [0, 0.1) is 0 Å². The topological polar surface area (TPSA) is 85.3 Å². The number of carbonyl (C=O) groups is 2. The maximum Gasteiger partial charge on any atom is 0.326 e. The molecule has 7 nitrogen and oxygen atoms in total. The summed E-state index contributed by atoms with van der Waals surface area (Å²) in [5.41, 5.74) is 0.636. The molecular formula is C16H19NO6S. The van der Waals surface area contributed by atoms with Gasteiger partial charge in [-0.1, -0.05) is 12.2 Å². The number of methoxy groups -OCH3 is 3. The average molecular weight is 353 g/mol. The molecule has 1 aliphatic heterocycles. The molecule has 1 aromatic rings. The first-order chi connectivity index (χ1) is 11.4. The summed E-state index contributed by atoms with van der Waals surface area (Å²) in [6.45, 7) is 0.190. The van der Waals surface area contributed by atoms with Crippen LogP contribution in [-0.4, -0.2) is 60.7 Å². The number of ether oxygens (including phenoxy) is 3. The molecule has 0 radical (unpaired) electrons. The molecule has 8 heteroatoms. The number of hydrogen-bond acceptors (Lipinski definition) is 6. The van der Waals surface area contributed by atoms with E-state index in [1.807, 2.05) is 0 Å². The van der Waals surface area contributed by atoms with Gasteiger partial charge in [-0.15, -0.1) is 0 Å². The van der Waals surface area contributed by atoms with E-state index in [2.05, 4.69) is 0 Å². The molecule has 1 aliphatic rings. The van der Waals surface area contributed by atoms with E-state index in [9.17, 15) is 14.7 Å². The molecule has 0 unspecified atom stereocenters. The van der Waals surface area contributed by atoms with E-state index in [-0.39, 0.29) is 25.3 Å². The zero-order valence-electron chi connectivity index (χ0n) is 13.7. The zero-order valence-corrected chi connectivity index (χ0v) is 14.5. The van der Waals surface area contributed by atoms with E-state index in [1.165, 1.54) is 26.2 Å². The second-order valence-electron chi connectivity index (χ2n) is 5.33. The number of thiocarbonyl (C=S) groups is 1. The number of aliphatic carboxylic acids is 1. The van der Waals surface area contributed by atoms with Gasteiger partial charge in [0.15, 0.2) is 11.5 Å². The van der Waals surface area contributed by atoms with Crippen molar-refractivity contribution in [1.29, 1.82) is 0 Å². The highest BCUT2D eigenvalue weighted by molar-refractivity contribution is 7.80. The highest BCUT2D eigenvalue weighted by atomic mass is 32.1. The standard InChI is InChI=1S/C16H19NO6S/c1-21-12-4-9(5-13(22-2)15(12)23-3)6-14(18)17-8-10(24)7-11(17)16(19)20/h4-5,11H,6-8H2,1-3H3,(H,19,20)/t11-/m0/s1. The first kappa shape index (κ1) is 18.0. The summed E-state index contributed by atoms with van der Waals surface area (Å²) in [7, 11) is 4.47. The maximum atomic E-state index is 12.5. The minimum absolute atomic E-state index is 0.0170. The summed E-state index contributed by atoms with van der Waals surface area (Å²) in [5, 5.41) is 9.24. The number of amides is 1. The number of carboxylic acid groups (broad SMARTS) is 1. The van der Waals surface area contributed by atoms with Crippen LogP contribution in [0.3, 0.4) is 0 Å². The summed E-state index contributed by atoms with van der Waals surface area (Å²) in [6.07, 6.45) is 0.231. The summed E-state index contributed by atoms with van der Waals surface area (Å²) >= 11 is 5.07. The van der Waals surface area contributed by atoms with Crippen LogP contribution in [0.5, 0.6) is 17.2 Å². The molecule has 1 aromatic carbocycles. The van der Waals surface area contributed by atoms with Gasteiger partial charge in [0.1, 0.15) is 6.04 Å². The predicted molar refractivity (Wildman–Crippen MR) is 90.2 cm³/mol. The van der Waals surface area contributed by atoms with Gasteiger partial charge >= 0.3 is 5.97 Å². The number of hydrogen-bond donors (Lipinski definition) is 1. The largest absolute Gasteiger partial charge is 0.493 e. The monoisotopic (exact) mass is 353 g/mol. The quantitative estimate of drug-likeness (QED) is 0.772. The predicted octanol–water partition coefficient (Wildman–Crippen LogP) is 1.31. The van der Waals surface area contributed by atoms with Gasteiger partial charge in [0.25, 0.3) is 0 Å². The van der Waals surface area contributed by atoms with Crippen LogP contribution in [0.2, 0.25) is 0 Å². The minimum atomic E-state index is -1.05. The van der Waals surface area contributed by atoms with E-state index >= 15 is 0 Å². The normalized spacial score (nSPS) is 16.9. The van der Waals surface area contributed by atoms with Crippen molar-refractivity contribution in [3.05, 3.63) is 17.7 Å². The number of carboxylic acids is 1. The van der Waals surface area contributed by atoms with E-state index in [0.717, 1.165) is 0 Å². The molecule has 1 atom stereocenters. The van der Waals surface area contributed by atoms with Crippen LogP contribution < -0.4 is 14.2 Å². The van der Waals surface area contributed by atoms with Gasteiger partial charge < -0.3 is 24.2 Å². The molecule has 1 heterocycles. The lowest BCUT2D eigenvalue weighted by Gasteiger charge is -2.21. The van der Waals surface area contributed by atoms with Gasteiger partial charge in [0.05, 0.1) is 34.3 Å². The molecule has 1 fully saturated rings. The zero-order chi connectivity index (χ0) is 17.9. The van der Waals surface area contributed by atoms with E-state index in [4.69, 9.17) is 26.4 Å². The fourth-order valence-corrected chi connectivity index (χ4v) is 2.98. The van der Waals surface area contributed by atoms with Crippen LogP contribution >= 0.6 is 12.2 Å². The molecule has 0 saturated carbocycles. The Labute approximate surface area is 145 Å². The van der Waals surface area contributed by atoms with Crippen molar-refractivity contribution in [3.63, 3.8) is 0 Å². The van der Waals surface area contributed by atoms with Crippen molar-refractivity contribution in [2.75, 3.05) is 27.9 Å². The van der Waals surface area contributed by atoms with Crippen molar-refractivity contribution >= 4 is 29.0 Å². The van der Waals surface area contributed by atoms with Crippen LogP contribution in [0.1, 0.15) is 12.0 Å².